The highest BCUT2D eigenvalue weighted by molar-refractivity contribution is 5.82. The van der Waals surface area contributed by atoms with E-state index in [1.807, 2.05) is 30.3 Å². The number of amides is 2. The van der Waals surface area contributed by atoms with Crippen molar-refractivity contribution in [1.82, 2.24) is 10.2 Å². The largest absolute Gasteiger partial charge is 0.367 e. The minimum atomic E-state index is -0.581. The van der Waals surface area contributed by atoms with Crippen molar-refractivity contribution in [1.29, 1.82) is 0 Å². The van der Waals surface area contributed by atoms with E-state index >= 15 is 0 Å². The highest BCUT2D eigenvalue weighted by Crippen LogP contribution is 2.21. The molecule has 1 aliphatic heterocycles. The van der Waals surface area contributed by atoms with Gasteiger partial charge in [-0.1, -0.05) is 30.3 Å². The van der Waals surface area contributed by atoms with Gasteiger partial charge in [-0.05, 0) is 18.4 Å². The van der Waals surface area contributed by atoms with Crippen LogP contribution in [-0.4, -0.2) is 43.0 Å². The number of hydrogen-bond donors (Lipinski definition) is 1. The first-order chi connectivity index (χ1) is 10.1. The third kappa shape index (κ3) is 4.04. The Labute approximate surface area is 125 Å². The summed E-state index contributed by atoms with van der Waals surface area (Å²) >= 11 is 0. The second kappa shape index (κ2) is 7.22. The average Bonchev–Trinajstić information content (AvgIpc) is 2.48. The summed E-state index contributed by atoms with van der Waals surface area (Å²) in [5, 5.41) is 2.89. The zero-order valence-corrected chi connectivity index (χ0v) is 12.5. The van der Waals surface area contributed by atoms with Crippen molar-refractivity contribution in [3.8, 4) is 0 Å². The second-order valence-corrected chi connectivity index (χ2v) is 5.35. The van der Waals surface area contributed by atoms with Gasteiger partial charge in [-0.2, -0.15) is 0 Å². The first-order valence-electron chi connectivity index (χ1n) is 7.25. The van der Waals surface area contributed by atoms with Crippen LogP contribution in [-0.2, 0) is 14.3 Å². The smallest absolute Gasteiger partial charge is 0.256 e. The van der Waals surface area contributed by atoms with Crippen molar-refractivity contribution in [3.63, 3.8) is 0 Å². The number of nitrogens with zero attached hydrogens (tertiary/aromatic N) is 1. The maximum Gasteiger partial charge on any atom is 0.256 e. The van der Waals surface area contributed by atoms with Crippen LogP contribution in [0.1, 0.15) is 31.4 Å². The molecule has 0 aliphatic carbocycles. The number of hydrogen-bond acceptors (Lipinski definition) is 3. The van der Waals surface area contributed by atoms with Crippen LogP contribution in [0.2, 0.25) is 0 Å². The normalized spacial score (nSPS) is 19.9. The van der Waals surface area contributed by atoms with Crippen LogP contribution in [0, 0.1) is 0 Å². The predicted octanol–water partition coefficient (Wildman–Crippen LogP) is 1.50. The molecule has 2 amide bonds. The number of benzene rings is 1. The van der Waals surface area contributed by atoms with E-state index in [0.29, 0.717) is 13.1 Å². The van der Waals surface area contributed by atoms with Gasteiger partial charge in [0.1, 0.15) is 0 Å². The van der Waals surface area contributed by atoms with Gasteiger partial charge in [-0.25, -0.2) is 0 Å². The molecule has 1 aromatic carbocycles. The van der Waals surface area contributed by atoms with Crippen LogP contribution in [0.25, 0.3) is 0 Å². The molecule has 1 saturated heterocycles. The SMILES string of the molecule is CO[C@H](C(=O)N1CCC[C@H](NC(C)=O)C1)c1ccccc1. The van der Waals surface area contributed by atoms with Gasteiger partial charge in [-0.3, -0.25) is 9.59 Å². The van der Waals surface area contributed by atoms with E-state index in [0.717, 1.165) is 18.4 Å². The van der Waals surface area contributed by atoms with E-state index in [4.69, 9.17) is 4.74 Å². The molecule has 21 heavy (non-hydrogen) atoms. The summed E-state index contributed by atoms with van der Waals surface area (Å²) in [4.78, 5) is 25.6. The maximum absolute atomic E-state index is 12.6. The summed E-state index contributed by atoms with van der Waals surface area (Å²) in [5.41, 5.74) is 0.853. The number of methoxy groups -OCH3 is 1. The first-order valence-corrected chi connectivity index (χ1v) is 7.25. The number of likely N-dealkylation sites (tertiary alicyclic amines) is 1. The molecule has 0 aromatic heterocycles. The molecular weight excluding hydrogens is 268 g/mol. The van der Waals surface area contributed by atoms with E-state index in [1.165, 1.54) is 6.92 Å². The zero-order chi connectivity index (χ0) is 15.2. The molecule has 114 valence electrons. The lowest BCUT2D eigenvalue weighted by Crippen LogP contribution is -2.50. The van der Waals surface area contributed by atoms with Gasteiger partial charge in [0.15, 0.2) is 6.10 Å². The lowest BCUT2D eigenvalue weighted by molar-refractivity contribution is -0.144. The molecular formula is C16H22N2O3. The monoisotopic (exact) mass is 290 g/mol. The summed E-state index contributed by atoms with van der Waals surface area (Å²) in [5.74, 6) is -0.0978. The average molecular weight is 290 g/mol. The molecule has 1 heterocycles. The van der Waals surface area contributed by atoms with E-state index in [9.17, 15) is 9.59 Å². The lowest BCUT2D eigenvalue weighted by atomic mass is 10.0. The molecule has 1 aromatic rings. The van der Waals surface area contributed by atoms with Crippen molar-refractivity contribution >= 4 is 11.8 Å². The summed E-state index contributed by atoms with van der Waals surface area (Å²) in [6.45, 7) is 2.76. The lowest BCUT2D eigenvalue weighted by Gasteiger charge is -2.34. The molecule has 1 aliphatic rings. The molecule has 5 nitrogen and oxygen atoms in total. The summed E-state index contributed by atoms with van der Waals surface area (Å²) < 4.78 is 5.39. The molecule has 2 rings (SSSR count). The zero-order valence-electron chi connectivity index (χ0n) is 12.5. The van der Waals surface area contributed by atoms with Crippen LogP contribution >= 0.6 is 0 Å². The molecule has 5 heteroatoms. The molecule has 2 atom stereocenters. The Hall–Kier alpha value is -1.88. The van der Waals surface area contributed by atoms with Crippen molar-refractivity contribution in [2.45, 2.75) is 31.9 Å². The van der Waals surface area contributed by atoms with Gasteiger partial charge in [0.2, 0.25) is 5.91 Å². The van der Waals surface area contributed by atoms with Crippen LogP contribution in [0.3, 0.4) is 0 Å². The Morgan fingerprint density at radius 3 is 2.67 bits per heavy atom. The Bertz CT molecular complexity index is 490. The van der Waals surface area contributed by atoms with Gasteiger partial charge in [0, 0.05) is 33.2 Å². The van der Waals surface area contributed by atoms with Crippen LogP contribution in [0.5, 0.6) is 0 Å². The first kappa shape index (κ1) is 15.5. The molecule has 0 unspecified atom stereocenters. The Balaban J connectivity index is 2.05. The highest BCUT2D eigenvalue weighted by Gasteiger charge is 2.30. The van der Waals surface area contributed by atoms with Crippen LogP contribution < -0.4 is 5.32 Å². The Kier molecular flexibility index (Phi) is 5.33. The van der Waals surface area contributed by atoms with Crippen molar-refractivity contribution in [2.75, 3.05) is 20.2 Å². The van der Waals surface area contributed by atoms with Crippen molar-refractivity contribution in [3.05, 3.63) is 35.9 Å². The topological polar surface area (TPSA) is 58.6 Å². The fourth-order valence-electron chi connectivity index (χ4n) is 2.76. The number of carbonyl (C=O) groups excluding carboxylic acids is 2. The molecule has 0 saturated carbocycles. The maximum atomic E-state index is 12.6. The van der Waals surface area contributed by atoms with E-state index in [2.05, 4.69) is 5.32 Å². The second-order valence-electron chi connectivity index (χ2n) is 5.35. The molecule has 0 spiro atoms. The molecule has 0 radical (unpaired) electrons. The molecule has 1 N–H and O–H groups in total. The highest BCUT2D eigenvalue weighted by atomic mass is 16.5. The Morgan fingerprint density at radius 2 is 2.05 bits per heavy atom. The number of piperidine rings is 1. The summed E-state index contributed by atoms with van der Waals surface area (Å²) in [6.07, 6.45) is 1.22. The predicted molar refractivity (Wildman–Crippen MR) is 79.6 cm³/mol. The number of rotatable bonds is 4. The number of carbonyl (C=O) groups is 2. The van der Waals surface area contributed by atoms with Gasteiger partial charge in [-0.15, -0.1) is 0 Å². The Morgan fingerprint density at radius 1 is 1.33 bits per heavy atom. The fourth-order valence-corrected chi connectivity index (χ4v) is 2.76. The van der Waals surface area contributed by atoms with Gasteiger partial charge in [0.05, 0.1) is 0 Å². The minimum Gasteiger partial charge on any atom is -0.367 e. The van der Waals surface area contributed by atoms with E-state index in [-0.39, 0.29) is 17.9 Å². The van der Waals surface area contributed by atoms with Gasteiger partial charge < -0.3 is 15.0 Å². The quantitative estimate of drug-likeness (QED) is 0.914. The number of nitrogens with one attached hydrogen (secondary N) is 1. The standard InChI is InChI=1S/C16H22N2O3/c1-12(19)17-14-9-6-10-18(11-14)16(20)15(21-2)13-7-4-3-5-8-13/h3-5,7-8,14-15H,6,9-11H2,1-2H3,(H,17,19)/t14-,15-/m0/s1. The molecule has 1 fully saturated rings. The molecule has 0 bridgehead atoms. The van der Waals surface area contributed by atoms with Gasteiger partial charge >= 0.3 is 0 Å². The van der Waals surface area contributed by atoms with Gasteiger partial charge in [0.25, 0.3) is 5.91 Å². The third-order valence-corrected chi connectivity index (χ3v) is 3.70. The fraction of sp³-hybridized carbons (Fsp3) is 0.500. The minimum absolute atomic E-state index is 0.0356. The van der Waals surface area contributed by atoms with Crippen LogP contribution in [0.4, 0.5) is 0 Å². The number of ether oxygens (including phenoxy) is 1. The van der Waals surface area contributed by atoms with Crippen molar-refractivity contribution < 1.29 is 14.3 Å². The summed E-state index contributed by atoms with van der Waals surface area (Å²) in [6, 6.07) is 9.51. The third-order valence-electron chi connectivity index (χ3n) is 3.70. The summed E-state index contributed by atoms with van der Waals surface area (Å²) in [7, 11) is 1.55. The van der Waals surface area contributed by atoms with Crippen molar-refractivity contribution in [2.24, 2.45) is 0 Å². The van der Waals surface area contributed by atoms with Crippen LogP contribution in [0.15, 0.2) is 30.3 Å². The van der Waals surface area contributed by atoms with E-state index < -0.39 is 6.10 Å². The van der Waals surface area contributed by atoms with E-state index in [1.54, 1.807) is 12.0 Å².